The Morgan fingerprint density at radius 3 is 3.05 bits per heavy atom. The molecule has 0 aliphatic rings. The largest absolute Gasteiger partial charge is 0.462 e. The minimum atomic E-state index is -0.431. The number of nitrogen functional groups attached to an aromatic ring is 1. The molecule has 0 unspecified atom stereocenters. The number of halogens is 1. The van der Waals surface area contributed by atoms with Crippen molar-refractivity contribution < 1.29 is 9.53 Å². The Bertz CT molecular complexity index is 615. The Morgan fingerprint density at radius 1 is 1.60 bits per heavy atom. The van der Waals surface area contributed by atoms with E-state index in [4.69, 9.17) is 10.5 Å². The predicted octanol–water partition coefficient (Wildman–Crippen LogP) is 3.28. The van der Waals surface area contributed by atoms with Gasteiger partial charge in [0.2, 0.25) is 0 Å². The highest BCUT2D eigenvalue weighted by atomic mass is 79.9. The standard InChI is InChI=1S/C13H14BrN3O2S/c1-2-19-13(18)9-5-8(15)6-16-12(9)17-7-11-10(14)3-4-20-11/h3-6H,2,7,15H2,1H3,(H,16,17). The average Bonchev–Trinajstić information content (AvgIpc) is 2.83. The molecule has 0 aliphatic carbocycles. The van der Waals surface area contributed by atoms with Gasteiger partial charge >= 0.3 is 5.97 Å². The van der Waals surface area contributed by atoms with Crippen LogP contribution in [0.2, 0.25) is 0 Å². The number of esters is 1. The number of carbonyl (C=O) groups excluding carboxylic acids is 1. The van der Waals surface area contributed by atoms with Gasteiger partial charge in [0.05, 0.1) is 25.0 Å². The first-order chi connectivity index (χ1) is 9.61. The monoisotopic (exact) mass is 355 g/mol. The second-order valence-electron chi connectivity index (χ2n) is 3.93. The quantitative estimate of drug-likeness (QED) is 0.804. The van der Waals surface area contributed by atoms with Crippen molar-refractivity contribution in [1.29, 1.82) is 0 Å². The lowest BCUT2D eigenvalue weighted by atomic mass is 10.2. The van der Waals surface area contributed by atoms with Gasteiger partial charge in [-0.1, -0.05) is 0 Å². The summed E-state index contributed by atoms with van der Waals surface area (Å²) >= 11 is 5.08. The molecule has 0 atom stereocenters. The minimum Gasteiger partial charge on any atom is -0.462 e. The molecular weight excluding hydrogens is 342 g/mol. The fourth-order valence-electron chi connectivity index (χ4n) is 1.60. The van der Waals surface area contributed by atoms with Crippen molar-refractivity contribution in [2.24, 2.45) is 0 Å². The first kappa shape index (κ1) is 14.8. The molecule has 0 spiro atoms. The van der Waals surface area contributed by atoms with Gasteiger partial charge in [0.15, 0.2) is 0 Å². The van der Waals surface area contributed by atoms with Gasteiger partial charge in [-0.15, -0.1) is 11.3 Å². The van der Waals surface area contributed by atoms with Crippen molar-refractivity contribution in [3.63, 3.8) is 0 Å². The number of carbonyl (C=O) groups is 1. The third kappa shape index (κ3) is 3.49. The van der Waals surface area contributed by atoms with E-state index < -0.39 is 5.97 Å². The summed E-state index contributed by atoms with van der Waals surface area (Å²) in [5, 5.41) is 5.13. The molecule has 0 radical (unpaired) electrons. The van der Waals surface area contributed by atoms with Gasteiger partial charge < -0.3 is 15.8 Å². The molecule has 0 aromatic carbocycles. The molecule has 106 valence electrons. The number of rotatable bonds is 5. The van der Waals surface area contributed by atoms with Crippen molar-refractivity contribution in [1.82, 2.24) is 4.98 Å². The Hall–Kier alpha value is -1.60. The van der Waals surface area contributed by atoms with E-state index in [0.29, 0.717) is 30.2 Å². The molecule has 0 saturated carbocycles. The van der Waals surface area contributed by atoms with Crippen LogP contribution in [0.25, 0.3) is 0 Å². The average molecular weight is 356 g/mol. The van der Waals surface area contributed by atoms with Crippen LogP contribution in [0.4, 0.5) is 11.5 Å². The maximum absolute atomic E-state index is 11.9. The van der Waals surface area contributed by atoms with Crippen LogP contribution in [0.1, 0.15) is 22.2 Å². The maximum atomic E-state index is 11.9. The van der Waals surface area contributed by atoms with Crippen molar-refractivity contribution in [3.05, 3.63) is 38.6 Å². The number of ether oxygens (including phenoxy) is 1. The zero-order valence-corrected chi connectivity index (χ0v) is 13.3. The van der Waals surface area contributed by atoms with Gasteiger partial charge in [0.25, 0.3) is 0 Å². The highest BCUT2D eigenvalue weighted by Gasteiger charge is 2.14. The number of hydrogen-bond acceptors (Lipinski definition) is 6. The van der Waals surface area contributed by atoms with E-state index in [2.05, 4.69) is 26.2 Å². The SMILES string of the molecule is CCOC(=O)c1cc(N)cnc1NCc1sccc1Br. The highest BCUT2D eigenvalue weighted by Crippen LogP contribution is 2.24. The van der Waals surface area contributed by atoms with Crippen LogP contribution in [0.5, 0.6) is 0 Å². The van der Waals surface area contributed by atoms with E-state index in [-0.39, 0.29) is 0 Å². The van der Waals surface area contributed by atoms with Gasteiger partial charge in [-0.2, -0.15) is 0 Å². The normalized spacial score (nSPS) is 10.3. The Labute approximate surface area is 129 Å². The molecule has 3 N–H and O–H groups in total. The summed E-state index contributed by atoms with van der Waals surface area (Å²) in [6, 6.07) is 3.54. The Balaban J connectivity index is 2.18. The Morgan fingerprint density at radius 2 is 2.40 bits per heavy atom. The van der Waals surface area contributed by atoms with E-state index in [1.807, 2.05) is 11.4 Å². The first-order valence-corrected chi connectivity index (χ1v) is 7.67. The van der Waals surface area contributed by atoms with Gasteiger partial charge in [-0.3, -0.25) is 0 Å². The van der Waals surface area contributed by atoms with E-state index in [9.17, 15) is 4.79 Å². The predicted molar refractivity (Wildman–Crippen MR) is 84.0 cm³/mol. The smallest absolute Gasteiger partial charge is 0.341 e. The molecule has 2 aromatic heterocycles. The van der Waals surface area contributed by atoms with Gasteiger partial charge in [-0.25, -0.2) is 9.78 Å². The summed E-state index contributed by atoms with van der Waals surface area (Å²) < 4.78 is 6.03. The summed E-state index contributed by atoms with van der Waals surface area (Å²) in [6.45, 7) is 2.64. The van der Waals surface area contributed by atoms with Crippen LogP contribution < -0.4 is 11.1 Å². The van der Waals surface area contributed by atoms with E-state index >= 15 is 0 Å². The van der Waals surface area contributed by atoms with Crippen LogP contribution in [0.15, 0.2) is 28.2 Å². The van der Waals surface area contributed by atoms with Gasteiger partial charge in [-0.05, 0) is 40.4 Å². The molecule has 0 fully saturated rings. The van der Waals surface area contributed by atoms with Crippen LogP contribution in [-0.4, -0.2) is 17.6 Å². The first-order valence-electron chi connectivity index (χ1n) is 6.00. The van der Waals surface area contributed by atoms with Crippen molar-refractivity contribution >= 4 is 44.7 Å². The minimum absolute atomic E-state index is 0.309. The second-order valence-corrected chi connectivity index (χ2v) is 5.79. The molecule has 0 saturated heterocycles. The number of nitrogens with two attached hydrogens (primary N) is 1. The molecule has 2 rings (SSSR count). The molecule has 2 aromatic rings. The van der Waals surface area contributed by atoms with Crippen molar-refractivity contribution in [3.8, 4) is 0 Å². The van der Waals surface area contributed by atoms with Gasteiger partial charge in [0.1, 0.15) is 11.4 Å². The molecule has 0 bridgehead atoms. The molecular formula is C13H14BrN3O2S. The van der Waals surface area contributed by atoms with Crippen molar-refractivity contribution in [2.75, 3.05) is 17.7 Å². The number of anilines is 2. The lowest BCUT2D eigenvalue weighted by Gasteiger charge is -2.10. The molecule has 2 heterocycles. The Kier molecular flexibility index (Phi) is 4.97. The molecule has 0 aliphatic heterocycles. The zero-order chi connectivity index (χ0) is 14.5. The summed E-state index contributed by atoms with van der Waals surface area (Å²) in [6.07, 6.45) is 1.51. The topological polar surface area (TPSA) is 77.2 Å². The van der Waals surface area contributed by atoms with Gasteiger partial charge in [0, 0.05) is 9.35 Å². The van der Waals surface area contributed by atoms with Crippen LogP contribution in [0, 0.1) is 0 Å². The van der Waals surface area contributed by atoms with E-state index in [1.54, 1.807) is 24.3 Å². The number of aromatic nitrogens is 1. The number of thiophene rings is 1. The van der Waals surface area contributed by atoms with Crippen LogP contribution in [0.3, 0.4) is 0 Å². The molecule has 0 amide bonds. The molecule has 20 heavy (non-hydrogen) atoms. The number of hydrogen-bond donors (Lipinski definition) is 2. The zero-order valence-electron chi connectivity index (χ0n) is 10.9. The third-order valence-corrected chi connectivity index (χ3v) is 4.44. The second kappa shape index (κ2) is 6.71. The number of pyridine rings is 1. The number of nitrogens with zero attached hydrogens (tertiary/aromatic N) is 1. The lowest BCUT2D eigenvalue weighted by molar-refractivity contribution is 0.0527. The molecule has 7 heteroatoms. The summed E-state index contributed by atoms with van der Waals surface area (Å²) in [7, 11) is 0. The molecule has 5 nitrogen and oxygen atoms in total. The highest BCUT2D eigenvalue weighted by molar-refractivity contribution is 9.10. The van der Waals surface area contributed by atoms with Crippen LogP contribution >= 0.6 is 27.3 Å². The van der Waals surface area contributed by atoms with E-state index in [1.165, 1.54) is 6.20 Å². The summed E-state index contributed by atoms with van der Waals surface area (Å²) in [5.41, 5.74) is 6.45. The summed E-state index contributed by atoms with van der Waals surface area (Å²) in [5.74, 6) is 0.0398. The van der Waals surface area contributed by atoms with E-state index in [0.717, 1.165) is 9.35 Å². The number of nitrogens with one attached hydrogen (secondary N) is 1. The van der Waals surface area contributed by atoms with Crippen LogP contribution in [-0.2, 0) is 11.3 Å². The lowest BCUT2D eigenvalue weighted by Crippen LogP contribution is -2.12. The fourth-order valence-corrected chi connectivity index (χ4v) is 3.03. The fraction of sp³-hybridized carbons (Fsp3) is 0.231. The maximum Gasteiger partial charge on any atom is 0.341 e. The third-order valence-electron chi connectivity index (χ3n) is 2.51. The summed E-state index contributed by atoms with van der Waals surface area (Å²) in [4.78, 5) is 17.2. The van der Waals surface area contributed by atoms with Crippen molar-refractivity contribution in [2.45, 2.75) is 13.5 Å².